The van der Waals surface area contributed by atoms with E-state index >= 15 is 0 Å². The Balaban J connectivity index is 1.79. The molecule has 0 N–H and O–H groups in total. The van der Waals surface area contributed by atoms with Crippen LogP contribution in [0, 0.1) is 11.8 Å². The van der Waals surface area contributed by atoms with Gasteiger partial charge in [-0.3, -0.25) is 0 Å². The van der Waals surface area contributed by atoms with E-state index in [0.29, 0.717) is 24.0 Å². The maximum atomic E-state index is 5.59. The van der Waals surface area contributed by atoms with Gasteiger partial charge in [0.25, 0.3) is 0 Å². The molecule has 2 aliphatic rings. The molecule has 0 aromatic rings. The van der Waals surface area contributed by atoms with Crippen molar-refractivity contribution in [3.05, 3.63) is 0 Å². The number of hydrogen-bond acceptors (Lipinski definition) is 3. The van der Waals surface area contributed by atoms with Crippen molar-refractivity contribution in [2.75, 3.05) is 26.4 Å². The second kappa shape index (κ2) is 5.28. The topological polar surface area (TPSA) is 31.0 Å². The molecule has 4 unspecified atom stereocenters. The van der Waals surface area contributed by atoms with Gasteiger partial charge >= 0.3 is 0 Å². The van der Waals surface area contributed by atoms with E-state index in [1.807, 2.05) is 0 Å². The smallest absolute Gasteiger partial charge is 0.0845 e. The predicted molar refractivity (Wildman–Crippen MR) is 57.9 cm³/mol. The van der Waals surface area contributed by atoms with Crippen LogP contribution >= 0.6 is 0 Å². The molecule has 0 bridgehead atoms. The van der Waals surface area contributed by atoms with Crippen molar-refractivity contribution < 1.29 is 14.2 Å². The molecular weight excluding hydrogens is 192 g/mol. The fourth-order valence-corrected chi connectivity index (χ4v) is 2.52. The predicted octanol–water partition coefficient (Wildman–Crippen LogP) is 1.85. The van der Waals surface area contributed by atoms with Crippen LogP contribution < -0.4 is 0 Å². The minimum atomic E-state index is 0.535. The molecule has 2 fully saturated rings. The van der Waals surface area contributed by atoms with E-state index in [-0.39, 0.29) is 0 Å². The number of rotatable bonds is 6. The van der Waals surface area contributed by atoms with E-state index in [0.717, 1.165) is 26.4 Å². The lowest BCUT2D eigenvalue weighted by atomic mass is 9.80. The van der Waals surface area contributed by atoms with E-state index < -0.39 is 0 Å². The zero-order chi connectivity index (χ0) is 10.7. The Morgan fingerprint density at radius 3 is 1.80 bits per heavy atom. The Bertz CT molecular complexity index is 175. The maximum absolute atomic E-state index is 5.59. The second-order valence-corrected chi connectivity index (χ2v) is 4.52. The van der Waals surface area contributed by atoms with Crippen molar-refractivity contribution >= 4 is 0 Å². The van der Waals surface area contributed by atoms with Gasteiger partial charge in [-0.15, -0.1) is 0 Å². The first-order valence-electron chi connectivity index (χ1n) is 6.16. The van der Waals surface area contributed by atoms with Gasteiger partial charge in [-0.1, -0.05) is 0 Å². The van der Waals surface area contributed by atoms with Gasteiger partial charge in [0.05, 0.1) is 12.2 Å². The molecule has 15 heavy (non-hydrogen) atoms. The van der Waals surface area contributed by atoms with E-state index in [2.05, 4.69) is 13.8 Å². The third-order valence-corrected chi connectivity index (χ3v) is 3.50. The van der Waals surface area contributed by atoms with E-state index in [4.69, 9.17) is 14.2 Å². The minimum absolute atomic E-state index is 0.535. The highest BCUT2D eigenvalue weighted by atomic mass is 16.6. The number of hydrogen-bond donors (Lipinski definition) is 0. The largest absolute Gasteiger partial charge is 0.381 e. The summed E-state index contributed by atoms with van der Waals surface area (Å²) in [5, 5.41) is 0. The highest BCUT2D eigenvalue weighted by Gasteiger charge is 2.48. The Morgan fingerprint density at radius 2 is 1.40 bits per heavy atom. The quantitative estimate of drug-likeness (QED) is 0.632. The monoisotopic (exact) mass is 214 g/mol. The standard InChI is InChI=1S/C12H22O3/c1-3-13-7-9-5-11-12(15-11)6-10(9)8-14-4-2/h9-12H,3-8H2,1-2H3. The summed E-state index contributed by atoms with van der Waals surface area (Å²) in [7, 11) is 0. The third-order valence-electron chi connectivity index (χ3n) is 3.50. The van der Waals surface area contributed by atoms with Crippen LogP contribution in [0.1, 0.15) is 26.7 Å². The Kier molecular flexibility index (Phi) is 4.00. The molecule has 3 heteroatoms. The normalized spacial score (nSPS) is 38.8. The van der Waals surface area contributed by atoms with Crippen LogP contribution in [-0.2, 0) is 14.2 Å². The van der Waals surface area contributed by atoms with Crippen molar-refractivity contribution in [1.82, 2.24) is 0 Å². The van der Waals surface area contributed by atoms with Crippen molar-refractivity contribution in [2.45, 2.75) is 38.9 Å². The molecule has 0 spiro atoms. The molecule has 0 aromatic carbocycles. The maximum Gasteiger partial charge on any atom is 0.0845 e. The van der Waals surface area contributed by atoms with Crippen molar-refractivity contribution in [1.29, 1.82) is 0 Å². The van der Waals surface area contributed by atoms with Crippen molar-refractivity contribution in [3.8, 4) is 0 Å². The highest BCUT2D eigenvalue weighted by molar-refractivity contribution is 4.95. The number of ether oxygens (including phenoxy) is 3. The first-order valence-corrected chi connectivity index (χ1v) is 6.16. The van der Waals surface area contributed by atoms with Crippen LogP contribution in [0.3, 0.4) is 0 Å². The average molecular weight is 214 g/mol. The number of epoxide rings is 1. The first kappa shape index (κ1) is 11.4. The summed E-state index contributed by atoms with van der Waals surface area (Å²) in [5.74, 6) is 1.28. The molecule has 1 saturated carbocycles. The molecule has 88 valence electrons. The molecule has 1 saturated heterocycles. The molecule has 0 radical (unpaired) electrons. The van der Waals surface area contributed by atoms with Gasteiger partial charge in [0.1, 0.15) is 0 Å². The van der Waals surface area contributed by atoms with E-state index in [9.17, 15) is 0 Å². The lowest BCUT2D eigenvalue weighted by Gasteiger charge is -2.28. The van der Waals surface area contributed by atoms with Crippen LogP contribution in [-0.4, -0.2) is 38.6 Å². The van der Waals surface area contributed by atoms with Crippen molar-refractivity contribution in [3.63, 3.8) is 0 Å². The second-order valence-electron chi connectivity index (χ2n) is 4.52. The average Bonchev–Trinajstić information content (AvgIpc) is 3.00. The van der Waals surface area contributed by atoms with Gasteiger partial charge in [0, 0.05) is 26.4 Å². The van der Waals surface area contributed by atoms with Crippen LogP contribution in [0.4, 0.5) is 0 Å². The van der Waals surface area contributed by atoms with Gasteiger partial charge in [-0.2, -0.15) is 0 Å². The third kappa shape index (κ3) is 2.92. The molecule has 0 amide bonds. The summed E-state index contributed by atoms with van der Waals surface area (Å²) in [4.78, 5) is 0. The molecule has 2 rings (SSSR count). The van der Waals surface area contributed by atoms with Crippen LogP contribution in [0.2, 0.25) is 0 Å². The van der Waals surface area contributed by atoms with Crippen LogP contribution in [0.25, 0.3) is 0 Å². The van der Waals surface area contributed by atoms with Gasteiger partial charge in [0.15, 0.2) is 0 Å². The summed E-state index contributed by atoms with van der Waals surface area (Å²) in [5.41, 5.74) is 0. The fraction of sp³-hybridized carbons (Fsp3) is 1.00. The van der Waals surface area contributed by atoms with E-state index in [1.54, 1.807) is 0 Å². The van der Waals surface area contributed by atoms with Crippen molar-refractivity contribution in [2.24, 2.45) is 11.8 Å². The minimum Gasteiger partial charge on any atom is -0.381 e. The molecule has 4 atom stereocenters. The van der Waals surface area contributed by atoms with Gasteiger partial charge in [-0.25, -0.2) is 0 Å². The van der Waals surface area contributed by atoms with Gasteiger partial charge in [-0.05, 0) is 38.5 Å². The zero-order valence-corrected chi connectivity index (χ0v) is 9.78. The molecule has 1 aliphatic carbocycles. The van der Waals surface area contributed by atoms with Gasteiger partial charge in [0.2, 0.25) is 0 Å². The van der Waals surface area contributed by atoms with Gasteiger partial charge < -0.3 is 14.2 Å². The summed E-state index contributed by atoms with van der Waals surface area (Å²) in [6, 6.07) is 0. The summed E-state index contributed by atoms with van der Waals surface area (Å²) in [6.07, 6.45) is 3.41. The first-order chi connectivity index (χ1) is 7.35. The molecule has 1 aliphatic heterocycles. The molecule has 3 nitrogen and oxygen atoms in total. The Labute approximate surface area is 92.1 Å². The summed E-state index contributed by atoms with van der Waals surface area (Å²) >= 11 is 0. The molecule has 1 heterocycles. The van der Waals surface area contributed by atoms with E-state index in [1.165, 1.54) is 12.8 Å². The number of fused-ring (bicyclic) bond motifs is 1. The molecular formula is C12H22O3. The SMILES string of the molecule is CCOCC1CC2OC2CC1COCC. The lowest BCUT2D eigenvalue weighted by Crippen LogP contribution is -2.31. The Morgan fingerprint density at radius 1 is 0.933 bits per heavy atom. The zero-order valence-electron chi connectivity index (χ0n) is 9.78. The highest BCUT2D eigenvalue weighted by Crippen LogP contribution is 2.42. The molecule has 0 aromatic heterocycles. The fourth-order valence-electron chi connectivity index (χ4n) is 2.52. The van der Waals surface area contributed by atoms with Crippen LogP contribution in [0.5, 0.6) is 0 Å². The van der Waals surface area contributed by atoms with Crippen LogP contribution in [0.15, 0.2) is 0 Å². The Hall–Kier alpha value is -0.120. The summed E-state index contributed by atoms with van der Waals surface area (Å²) < 4.78 is 16.7. The lowest BCUT2D eigenvalue weighted by molar-refractivity contribution is 0.0264. The summed E-state index contributed by atoms with van der Waals surface area (Å²) in [6.45, 7) is 7.48.